The SMILES string of the molecule is COC(=O)c1cc(NC(=O)c2ccc(C#Cc3ccc(C#Cc4ccccc4)cc3)cc2)cc(C(=O)OC)c1. The van der Waals surface area contributed by atoms with Crippen molar-refractivity contribution in [1.29, 1.82) is 0 Å². The van der Waals surface area contributed by atoms with Gasteiger partial charge in [0.05, 0.1) is 25.3 Å². The molecule has 6 heteroatoms. The Morgan fingerprint density at radius 2 is 0.949 bits per heavy atom. The lowest BCUT2D eigenvalue weighted by atomic mass is 10.1. The van der Waals surface area contributed by atoms with Crippen LogP contribution in [0, 0.1) is 23.7 Å². The van der Waals surface area contributed by atoms with E-state index in [0.29, 0.717) is 5.56 Å². The highest BCUT2D eigenvalue weighted by Crippen LogP contribution is 2.18. The van der Waals surface area contributed by atoms with Crippen molar-refractivity contribution >= 4 is 23.5 Å². The molecule has 6 nitrogen and oxygen atoms in total. The first kappa shape index (κ1) is 26.5. The van der Waals surface area contributed by atoms with Gasteiger partial charge >= 0.3 is 11.9 Å². The average molecular weight is 514 g/mol. The summed E-state index contributed by atoms with van der Waals surface area (Å²) in [6, 6.07) is 28.4. The molecule has 0 heterocycles. The van der Waals surface area contributed by atoms with Crippen LogP contribution in [0.5, 0.6) is 0 Å². The molecular weight excluding hydrogens is 490 g/mol. The second kappa shape index (κ2) is 12.6. The van der Waals surface area contributed by atoms with Crippen LogP contribution in [-0.2, 0) is 9.47 Å². The third-order valence-electron chi connectivity index (χ3n) is 5.54. The largest absolute Gasteiger partial charge is 0.465 e. The van der Waals surface area contributed by atoms with Crippen molar-refractivity contribution in [2.24, 2.45) is 0 Å². The smallest absolute Gasteiger partial charge is 0.337 e. The number of nitrogens with one attached hydrogen (secondary N) is 1. The molecule has 39 heavy (non-hydrogen) atoms. The molecule has 0 aliphatic carbocycles. The maximum Gasteiger partial charge on any atom is 0.337 e. The van der Waals surface area contributed by atoms with Crippen LogP contribution in [0.3, 0.4) is 0 Å². The van der Waals surface area contributed by atoms with E-state index in [4.69, 9.17) is 9.47 Å². The minimum Gasteiger partial charge on any atom is -0.465 e. The van der Waals surface area contributed by atoms with E-state index in [1.165, 1.54) is 32.4 Å². The van der Waals surface area contributed by atoms with Crippen LogP contribution in [0.2, 0.25) is 0 Å². The maximum absolute atomic E-state index is 12.8. The number of amides is 1. The van der Waals surface area contributed by atoms with Crippen LogP contribution >= 0.6 is 0 Å². The highest BCUT2D eigenvalue weighted by Gasteiger charge is 2.15. The molecule has 4 aromatic rings. The van der Waals surface area contributed by atoms with Gasteiger partial charge in [0.25, 0.3) is 5.91 Å². The normalized spacial score (nSPS) is 9.69. The van der Waals surface area contributed by atoms with Crippen molar-refractivity contribution < 1.29 is 23.9 Å². The minimum atomic E-state index is -0.645. The molecule has 1 N–H and O–H groups in total. The van der Waals surface area contributed by atoms with Gasteiger partial charge < -0.3 is 14.8 Å². The second-order valence-electron chi connectivity index (χ2n) is 8.26. The fraction of sp³-hybridized carbons (Fsp3) is 0.0606. The summed E-state index contributed by atoms with van der Waals surface area (Å²) in [7, 11) is 2.46. The van der Waals surface area contributed by atoms with E-state index in [2.05, 4.69) is 29.0 Å². The molecule has 190 valence electrons. The van der Waals surface area contributed by atoms with Crippen LogP contribution in [0.15, 0.2) is 97.1 Å². The average Bonchev–Trinajstić information content (AvgIpc) is 2.99. The summed E-state index contributed by atoms with van der Waals surface area (Å²) >= 11 is 0. The molecule has 0 atom stereocenters. The van der Waals surface area contributed by atoms with Crippen molar-refractivity contribution in [2.75, 3.05) is 19.5 Å². The highest BCUT2D eigenvalue weighted by molar-refractivity contribution is 6.06. The number of rotatable bonds is 4. The first-order chi connectivity index (χ1) is 18.9. The lowest BCUT2D eigenvalue weighted by Crippen LogP contribution is -2.14. The Morgan fingerprint density at radius 1 is 0.538 bits per heavy atom. The number of methoxy groups -OCH3 is 2. The fourth-order valence-corrected chi connectivity index (χ4v) is 3.53. The molecule has 0 saturated carbocycles. The van der Waals surface area contributed by atoms with Gasteiger partial charge in [-0.05, 0) is 78.9 Å². The highest BCUT2D eigenvalue weighted by atomic mass is 16.5. The maximum atomic E-state index is 12.8. The summed E-state index contributed by atoms with van der Waals surface area (Å²) in [5.41, 5.74) is 4.29. The zero-order valence-electron chi connectivity index (χ0n) is 21.3. The van der Waals surface area contributed by atoms with E-state index in [1.54, 1.807) is 24.3 Å². The lowest BCUT2D eigenvalue weighted by Gasteiger charge is -2.10. The molecule has 4 rings (SSSR count). The first-order valence-electron chi connectivity index (χ1n) is 11.9. The number of hydrogen-bond acceptors (Lipinski definition) is 5. The predicted octanol–water partition coefficient (Wildman–Crippen LogP) is 5.31. The van der Waals surface area contributed by atoms with Gasteiger partial charge in [0.1, 0.15) is 0 Å². The molecule has 0 aliphatic heterocycles. The Kier molecular flexibility index (Phi) is 8.54. The van der Waals surface area contributed by atoms with E-state index in [1.807, 2.05) is 54.6 Å². The van der Waals surface area contributed by atoms with Gasteiger partial charge in [0, 0.05) is 33.5 Å². The summed E-state index contributed by atoms with van der Waals surface area (Å²) in [4.78, 5) is 36.8. The molecule has 0 radical (unpaired) electrons. The quantitative estimate of drug-likeness (QED) is 0.295. The molecule has 0 saturated heterocycles. The molecular formula is C33H23NO5. The monoisotopic (exact) mass is 513 g/mol. The second-order valence-corrected chi connectivity index (χ2v) is 8.26. The van der Waals surface area contributed by atoms with Gasteiger partial charge in [-0.25, -0.2) is 9.59 Å². The number of carbonyl (C=O) groups is 3. The van der Waals surface area contributed by atoms with Gasteiger partial charge in [-0.3, -0.25) is 4.79 Å². The van der Waals surface area contributed by atoms with Crippen molar-refractivity contribution in [3.05, 3.63) is 136 Å². The Morgan fingerprint density at radius 3 is 1.38 bits per heavy atom. The van der Waals surface area contributed by atoms with Crippen molar-refractivity contribution in [3.63, 3.8) is 0 Å². The van der Waals surface area contributed by atoms with Gasteiger partial charge in [0.2, 0.25) is 0 Å². The molecule has 1 amide bonds. The summed E-state index contributed by atoms with van der Waals surface area (Å²) in [5, 5.41) is 2.70. The summed E-state index contributed by atoms with van der Waals surface area (Å²) in [5.74, 6) is 10.8. The number of hydrogen-bond donors (Lipinski definition) is 1. The first-order valence-corrected chi connectivity index (χ1v) is 11.9. The fourth-order valence-electron chi connectivity index (χ4n) is 3.53. The minimum absolute atomic E-state index is 0.109. The van der Waals surface area contributed by atoms with E-state index in [-0.39, 0.29) is 16.8 Å². The number of esters is 2. The Bertz CT molecular complexity index is 1600. The summed E-state index contributed by atoms with van der Waals surface area (Å²) < 4.78 is 9.46. The Labute approximate surface area is 226 Å². The zero-order valence-corrected chi connectivity index (χ0v) is 21.3. The molecule has 4 aromatic carbocycles. The van der Waals surface area contributed by atoms with Gasteiger partial charge in [0.15, 0.2) is 0 Å². The predicted molar refractivity (Wildman–Crippen MR) is 148 cm³/mol. The van der Waals surface area contributed by atoms with Gasteiger partial charge in [-0.2, -0.15) is 0 Å². The standard InChI is InChI=1S/C33H23NO5/c1-38-32(36)28-20-29(33(37)39-2)22-30(21-28)34-31(35)27-18-16-26(17-19-27)15-14-25-12-10-24(11-13-25)9-8-23-6-4-3-5-7-23/h3-7,10-13,16-22H,1-2H3,(H,34,35). The topological polar surface area (TPSA) is 81.7 Å². The number of benzene rings is 4. The lowest BCUT2D eigenvalue weighted by molar-refractivity contribution is 0.0599. The molecule has 0 unspecified atom stereocenters. The molecule has 0 aromatic heterocycles. The van der Waals surface area contributed by atoms with Crippen LogP contribution in [0.25, 0.3) is 0 Å². The van der Waals surface area contributed by atoms with E-state index >= 15 is 0 Å². The van der Waals surface area contributed by atoms with E-state index < -0.39 is 17.8 Å². The van der Waals surface area contributed by atoms with Crippen LogP contribution in [-0.4, -0.2) is 32.1 Å². The molecule has 0 spiro atoms. The van der Waals surface area contributed by atoms with Crippen molar-refractivity contribution in [3.8, 4) is 23.7 Å². The van der Waals surface area contributed by atoms with Crippen LogP contribution in [0.1, 0.15) is 53.3 Å². The van der Waals surface area contributed by atoms with Crippen molar-refractivity contribution in [2.45, 2.75) is 0 Å². The number of carbonyl (C=O) groups excluding carboxylic acids is 3. The van der Waals surface area contributed by atoms with Crippen LogP contribution in [0.4, 0.5) is 5.69 Å². The van der Waals surface area contributed by atoms with Gasteiger partial charge in [-0.15, -0.1) is 0 Å². The third-order valence-corrected chi connectivity index (χ3v) is 5.54. The number of anilines is 1. The van der Waals surface area contributed by atoms with Crippen molar-refractivity contribution in [1.82, 2.24) is 0 Å². The third kappa shape index (κ3) is 7.22. The summed E-state index contributed by atoms with van der Waals surface area (Å²) in [6.07, 6.45) is 0. The Hall–Kier alpha value is -5.59. The van der Waals surface area contributed by atoms with Gasteiger partial charge in [-0.1, -0.05) is 41.9 Å². The van der Waals surface area contributed by atoms with Crippen LogP contribution < -0.4 is 5.32 Å². The molecule has 0 aliphatic rings. The molecule has 0 bridgehead atoms. The summed E-state index contributed by atoms with van der Waals surface area (Å²) in [6.45, 7) is 0. The zero-order chi connectivity index (χ0) is 27.6. The molecule has 0 fully saturated rings. The van der Waals surface area contributed by atoms with E-state index in [9.17, 15) is 14.4 Å². The Balaban J connectivity index is 1.43. The number of ether oxygens (including phenoxy) is 2. The van der Waals surface area contributed by atoms with E-state index in [0.717, 1.165) is 22.3 Å².